The molecule has 1 aromatic carbocycles. The third-order valence-electron chi connectivity index (χ3n) is 5.97. The largest absolute Gasteiger partial charge is 0.459 e. The first-order chi connectivity index (χ1) is 16.0. The zero-order valence-electron chi connectivity index (χ0n) is 19.1. The molecule has 1 fully saturated rings. The monoisotopic (exact) mass is 466 g/mol. The molecule has 0 unspecified atom stereocenters. The van der Waals surface area contributed by atoms with Crippen LogP contribution in [0.15, 0.2) is 53.1 Å². The van der Waals surface area contributed by atoms with Crippen LogP contribution in [-0.2, 0) is 13.1 Å². The fourth-order valence-corrected chi connectivity index (χ4v) is 4.98. The molecule has 2 aromatic heterocycles. The van der Waals surface area contributed by atoms with Gasteiger partial charge in [0, 0.05) is 39.3 Å². The number of rotatable bonds is 8. The van der Waals surface area contributed by atoms with Crippen molar-refractivity contribution in [1.29, 1.82) is 0 Å². The minimum Gasteiger partial charge on any atom is -0.459 e. The fraction of sp³-hybridized carbons (Fsp3) is 0.360. The van der Waals surface area contributed by atoms with Crippen molar-refractivity contribution in [3.63, 3.8) is 0 Å². The van der Waals surface area contributed by atoms with Crippen LogP contribution >= 0.6 is 11.3 Å². The lowest BCUT2D eigenvalue weighted by Crippen LogP contribution is -2.45. The zero-order valence-corrected chi connectivity index (χ0v) is 19.9. The summed E-state index contributed by atoms with van der Waals surface area (Å²) in [6.07, 6.45) is 1.45. The normalized spacial score (nSPS) is 14.8. The molecule has 1 aliphatic rings. The molecule has 4 rings (SSSR count). The Balaban J connectivity index is 1.35. The van der Waals surface area contributed by atoms with Gasteiger partial charge in [0.1, 0.15) is 0 Å². The van der Waals surface area contributed by atoms with Crippen molar-refractivity contribution in [2.24, 2.45) is 0 Å². The van der Waals surface area contributed by atoms with Gasteiger partial charge in [-0.1, -0.05) is 31.2 Å². The Morgan fingerprint density at radius 1 is 1.00 bits per heavy atom. The molecule has 7 nitrogen and oxygen atoms in total. The molecule has 1 aliphatic heterocycles. The molecular formula is C25H30N4O3S. The molecule has 0 bridgehead atoms. The Labute approximate surface area is 198 Å². The molecular weight excluding hydrogens is 436 g/mol. The van der Waals surface area contributed by atoms with E-state index in [1.807, 2.05) is 19.1 Å². The van der Waals surface area contributed by atoms with Crippen LogP contribution < -0.4 is 10.6 Å². The van der Waals surface area contributed by atoms with Gasteiger partial charge in [-0.2, -0.15) is 0 Å². The predicted octanol–water partition coefficient (Wildman–Crippen LogP) is 3.97. The van der Waals surface area contributed by atoms with Crippen molar-refractivity contribution in [3.8, 4) is 0 Å². The third-order valence-corrected chi connectivity index (χ3v) is 7.12. The molecule has 0 atom stereocenters. The summed E-state index contributed by atoms with van der Waals surface area (Å²) in [5.41, 5.74) is 3.20. The molecule has 0 radical (unpaired) electrons. The second kappa shape index (κ2) is 10.8. The van der Waals surface area contributed by atoms with Gasteiger partial charge in [-0.15, -0.1) is 11.3 Å². The van der Waals surface area contributed by atoms with Crippen molar-refractivity contribution in [1.82, 2.24) is 15.1 Å². The van der Waals surface area contributed by atoms with Gasteiger partial charge in [0.2, 0.25) is 0 Å². The average molecular weight is 467 g/mol. The second-order valence-corrected chi connectivity index (χ2v) is 9.27. The summed E-state index contributed by atoms with van der Waals surface area (Å²) in [6, 6.07) is 13.4. The second-order valence-electron chi connectivity index (χ2n) is 8.22. The maximum Gasteiger partial charge on any atom is 0.291 e. The van der Waals surface area contributed by atoms with Gasteiger partial charge < -0.3 is 20.0 Å². The highest BCUT2D eigenvalue weighted by molar-refractivity contribution is 7.18. The summed E-state index contributed by atoms with van der Waals surface area (Å²) < 4.78 is 5.12. The number of hydrogen-bond acceptors (Lipinski definition) is 6. The number of benzene rings is 1. The van der Waals surface area contributed by atoms with Crippen molar-refractivity contribution in [3.05, 3.63) is 76.1 Å². The fourth-order valence-electron chi connectivity index (χ4n) is 3.99. The lowest BCUT2D eigenvalue weighted by molar-refractivity contribution is 0.0952. The Morgan fingerprint density at radius 2 is 1.73 bits per heavy atom. The lowest BCUT2D eigenvalue weighted by Gasteiger charge is -2.34. The van der Waals surface area contributed by atoms with Crippen LogP contribution in [0.3, 0.4) is 0 Å². The summed E-state index contributed by atoms with van der Waals surface area (Å²) in [6.45, 7) is 10.9. The first kappa shape index (κ1) is 23.2. The van der Waals surface area contributed by atoms with Crippen LogP contribution in [0, 0.1) is 6.92 Å². The molecule has 33 heavy (non-hydrogen) atoms. The number of aryl methyl sites for hydroxylation is 1. The predicted molar refractivity (Wildman–Crippen MR) is 131 cm³/mol. The average Bonchev–Trinajstić information content (AvgIpc) is 3.49. The number of hydrogen-bond donors (Lipinski definition) is 2. The molecule has 2 amide bonds. The van der Waals surface area contributed by atoms with Gasteiger partial charge in [-0.25, -0.2) is 0 Å². The van der Waals surface area contributed by atoms with Crippen molar-refractivity contribution in [2.45, 2.75) is 26.9 Å². The molecule has 3 aromatic rings. The number of furan rings is 1. The highest BCUT2D eigenvalue weighted by Crippen LogP contribution is 2.27. The van der Waals surface area contributed by atoms with E-state index in [2.05, 4.69) is 45.6 Å². The molecule has 174 valence electrons. The molecule has 0 saturated carbocycles. The smallest absolute Gasteiger partial charge is 0.291 e. The van der Waals surface area contributed by atoms with Crippen LogP contribution in [0.2, 0.25) is 0 Å². The first-order valence-corrected chi connectivity index (χ1v) is 12.1. The maximum absolute atomic E-state index is 12.9. The Bertz CT molecular complexity index is 1090. The number of anilines is 1. The van der Waals surface area contributed by atoms with Gasteiger partial charge in [0.05, 0.1) is 16.1 Å². The number of thiophene rings is 1. The summed E-state index contributed by atoms with van der Waals surface area (Å²) in [7, 11) is 0. The summed E-state index contributed by atoms with van der Waals surface area (Å²) in [5, 5.41) is 6.47. The standard InChI is InChI=1S/C25H30N4O3S/c1-3-28-10-12-29(13-11-28)17-20-8-5-4-7-19(20)16-26-25(31)23-18(2)15-22(33-23)27-24(30)21-9-6-14-32-21/h4-9,14-15H,3,10-13,16-17H2,1-2H3,(H,26,31)(H,27,30). The number of piperazine rings is 1. The Kier molecular flexibility index (Phi) is 7.59. The van der Waals surface area contributed by atoms with E-state index in [-0.39, 0.29) is 17.6 Å². The number of likely N-dealkylation sites (N-methyl/N-ethyl adjacent to an activating group) is 1. The molecule has 1 saturated heterocycles. The SMILES string of the molecule is CCN1CCN(Cc2ccccc2CNC(=O)c2sc(NC(=O)c3ccco3)cc2C)CC1. The number of nitrogens with zero attached hydrogens (tertiary/aromatic N) is 2. The first-order valence-electron chi connectivity index (χ1n) is 11.3. The number of carbonyl (C=O) groups excluding carboxylic acids is 2. The van der Waals surface area contributed by atoms with Crippen LogP contribution in [0.5, 0.6) is 0 Å². The minimum atomic E-state index is -0.332. The Morgan fingerprint density at radius 3 is 2.42 bits per heavy atom. The molecule has 3 heterocycles. The number of carbonyl (C=O) groups is 2. The van der Waals surface area contributed by atoms with Gasteiger partial charge >= 0.3 is 0 Å². The number of amides is 2. The van der Waals surface area contributed by atoms with E-state index in [0.717, 1.165) is 50.4 Å². The molecule has 0 aliphatic carbocycles. The quantitative estimate of drug-likeness (QED) is 0.525. The van der Waals surface area contributed by atoms with E-state index in [9.17, 15) is 9.59 Å². The van der Waals surface area contributed by atoms with E-state index in [4.69, 9.17) is 4.42 Å². The van der Waals surface area contributed by atoms with E-state index in [1.165, 1.54) is 23.2 Å². The zero-order chi connectivity index (χ0) is 23.2. The summed E-state index contributed by atoms with van der Waals surface area (Å²) in [5.74, 6) is -0.232. The van der Waals surface area contributed by atoms with E-state index >= 15 is 0 Å². The van der Waals surface area contributed by atoms with E-state index < -0.39 is 0 Å². The Hall–Kier alpha value is -2.94. The maximum atomic E-state index is 12.9. The molecule has 8 heteroatoms. The van der Waals surface area contributed by atoms with Crippen LogP contribution in [0.25, 0.3) is 0 Å². The molecule has 0 spiro atoms. The van der Waals surface area contributed by atoms with Gasteiger partial charge in [-0.3, -0.25) is 14.5 Å². The van der Waals surface area contributed by atoms with Gasteiger partial charge in [0.25, 0.3) is 11.8 Å². The topological polar surface area (TPSA) is 77.8 Å². The van der Waals surface area contributed by atoms with E-state index in [0.29, 0.717) is 16.4 Å². The minimum absolute atomic E-state index is 0.137. The van der Waals surface area contributed by atoms with Crippen LogP contribution in [0.4, 0.5) is 5.00 Å². The summed E-state index contributed by atoms with van der Waals surface area (Å²) in [4.78, 5) is 30.6. The number of nitrogens with one attached hydrogen (secondary N) is 2. The van der Waals surface area contributed by atoms with E-state index in [1.54, 1.807) is 12.1 Å². The van der Waals surface area contributed by atoms with Gasteiger partial charge in [0.15, 0.2) is 5.76 Å². The molecule has 2 N–H and O–H groups in total. The van der Waals surface area contributed by atoms with Crippen molar-refractivity contribution < 1.29 is 14.0 Å². The van der Waals surface area contributed by atoms with Gasteiger partial charge in [-0.05, 0) is 48.4 Å². The third kappa shape index (κ3) is 5.90. The van der Waals surface area contributed by atoms with Crippen molar-refractivity contribution >= 4 is 28.2 Å². The van der Waals surface area contributed by atoms with Crippen LogP contribution in [0.1, 0.15) is 43.8 Å². The highest BCUT2D eigenvalue weighted by Gasteiger charge is 2.19. The van der Waals surface area contributed by atoms with Crippen molar-refractivity contribution in [2.75, 3.05) is 38.0 Å². The van der Waals surface area contributed by atoms with Crippen LogP contribution in [-0.4, -0.2) is 54.3 Å². The summed E-state index contributed by atoms with van der Waals surface area (Å²) >= 11 is 1.26. The lowest BCUT2D eigenvalue weighted by atomic mass is 10.1. The highest BCUT2D eigenvalue weighted by atomic mass is 32.1.